The van der Waals surface area contributed by atoms with Crippen LogP contribution in [0.15, 0.2) is 40.5 Å². The van der Waals surface area contributed by atoms with E-state index in [1.807, 2.05) is 0 Å². The summed E-state index contributed by atoms with van der Waals surface area (Å²) in [6, 6.07) is 7.07. The molecule has 2 aromatic heterocycles. The van der Waals surface area contributed by atoms with Crippen molar-refractivity contribution in [3.05, 3.63) is 57.0 Å². The Kier molecular flexibility index (Phi) is 5.21. The molecule has 1 N–H and O–H groups in total. The van der Waals surface area contributed by atoms with E-state index in [1.165, 1.54) is 22.3 Å². The highest BCUT2D eigenvalue weighted by Gasteiger charge is 2.19. The highest BCUT2D eigenvalue weighted by molar-refractivity contribution is 7.18. The highest BCUT2D eigenvalue weighted by atomic mass is 32.1. The number of aromatic nitrogens is 2. The third-order valence-electron chi connectivity index (χ3n) is 4.65. The summed E-state index contributed by atoms with van der Waals surface area (Å²) in [5.41, 5.74) is 1.82. The minimum absolute atomic E-state index is 0.0477. The van der Waals surface area contributed by atoms with Gasteiger partial charge in [0.25, 0.3) is 5.56 Å². The van der Waals surface area contributed by atoms with Crippen molar-refractivity contribution in [3.63, 3.8) is 0 Å². The lowest BCUT2D eigenvalue weighted by molar-refractivity contribution is -0.137. The van der Waals surface area contributed by atoms with E-state index in [0.717, 1.165) is 35.2 Å². The first kappa shape index (κ1) is 18.4. The van der Waals surface area contributed by atoms with Gasteiger partial charge in [0, 0.05) is 4.88 Å². The van der Waals surface area contributed by atoms with Gasteiger partial charge in [0.15, 0.2) is 0 Å². The number of aliphatic carboxylic acids is 1. The summed E-state index contributed by atoms with van der Waals surface area (Å²) in [6.45, 7) is 0.120. The minimum Gasteiger partial charge on any atom is -0.493 e. The van der Waals surface area contributed by atoms with Crippen LogP contribution in [0, 0.1) is 0 Å². The molecule has 0 unspecified atom stereocenters. The van der Waals surface area contributed by atoms with Gasteiger partial charge in [0.05, 0.1) is 24.6 Å². The number of carbonyl (C=O) groups is 1. The summed E-state index contributed by atoms with van der Waals surface area (Å²) < 4.78 is 6.64. The molecule has 0 aliphatic heterocycles. The van der Waals surface area contributed by atoms with Crippen LogP contribution in [0.1, 0.15) is 35.3 Å². The number of hydrogen-bond donors (Lipinski definition) is 1. The summed E-state index contributed by atoms with van der Waals surface area (Å²) in [5, 5.41) is 13.6. The van der Waals surface area contributed by atoms with E-state index in [4.69, 9.17) is 9.84 Å². The van der Waals surface area contributed by atoms with Crippen molar-refractivity contribution >= 4 is 33.7 Å². The molecule has 1 aromatic carbocycles. The Bertz CT molecular complexity index is 1100. The highest BCUT2D eigenvalue weighted by Crippen LogP contribution is 2.33. The van der Waals surface area contributed by atoms with E-state index in [0.29, 0.717) is 11.1 Å². The minimum atomic E-state index is -0.897. The number of rotatable bonds is 6. The van der Waals surface area contributed by atoms with E-state index >= 15 is 0 Å². The predicted molar refractivity (Wildman–Crippen MR) is 108 cm³/mol. The van der Waals surface area contributed by atoms with E-state index in [2.05, 4.69) is 10.1 Å². The van der Waals surface area contributed by atoms with Crippen molar-refractivity contribution in [2.75, 3.05) is 6.61 Å². The van der Waals surface area contributed by atoms with Crippen LogP contribution in [0.5, 0.6) is 5.75 Å². The number of carboxylic acids is 1. The molecule has 0 amide bonds. The Morgan fingerprint density at radius 1 is 1.29 bits per heavy atom. The van der Waals surface area contributed by atoms with E-state index < -0.39 is 5.97 Å². The molecule has 0 atom stereocenters. The first-order valence-electron chi connectivity index (χ1n) is 9.13. The number of aryl methyl sites for hydroxylation is 2. The number of thiophene rings is 1. The lowest BCUT2D eigenvalue weighted by Crippen LogP contribution is -2.18. The second kappa shape index (κ2) is 7.93. The van der Waals surface area contributed by atoms with Gasteiger partial charge in [-0.1, -0.05) is 0 Å². The fraction of sp³-hybridized carbons (Fsp3) is 0.300. The van der Waals surface area contributed by atoms with Crippen molar-refractivity contribution in [1.29, 1.82) is 0 Å². The molecule has 4 rings (SSSR count). The van der Waals surface area contributed by atoms with Gasteiger partial charge in [-0.15, -0.1) is 11.3 Å². The lowest BCUT2D eigenvalue weighted by Gasteiger charge is -2.09. The summed E-state index contributed by atoms with van der Waals surface area (Å²) in [6.07, 6.45) is 7.25. The number of benzene rings is 1. The predicted octanol–water partition coefficient (Wildman–Crippen LogP) is 3.07. The average Bonchev–Trinajstić information content (AvgIpc) is 3.07. The maximum Gasteiger partial charge on any atom is 0.306 e. The van der Waals surface area contributed by atoms with Gasteiger partial charge in [-0.2, -0.15) is 9.78 Å². The fourth-order valence-corrected chi connectivity index (χ4v) is 4.47. The van der Waals surface area contributed by atoms with Crippen molar-refractivity contribution in [1.82, 2.24) is 9.66 Å². The van der Waals surface area contributed by atoms with Crippen LogP contribution in [0.25, 0.3) is 10.2 Å². The molecule has 1 aliphatic carbocycles. The Morgan fingerprint density at radius 2 is 2.07 bits per heavy atom. The summed E-state index contributed by atoms with van der Waals surface area (Å²) >= 11 is 1.62. The smallest absolute Gasteiger partial charge is 0.306 e. The van der Waals surface area contributed by atoms with Crippen LogP contribution in [0.2, 0.25) is 0 Å². The standard InChI is InChI=1S/C20H19N3O4S/c24-17(25)9-10-27-14-7-5-13(6-8-14)11-22-23-12-21-19-18(20(23)26)15-3-1-2-4-16(15)28-19/h5-8,11-12H,1-4,9-10H2,(H,24,25)/b22-11+. The SMILES string of the molecule is O=C(O)CCOc1ccc(/C=N/n2cnc3sc4c(c3c2=O)CCCC4)cc1. The Hall–Kier alpha value is -3.00. The van der Waals surface area contributed by atoms with Crippen LogP contribution in [-0.2, 0) is 17.6 Å². The Balaban J connectivity index is 1.53. The van der Waals surface area contributed by atoms with E-state index in [9.17, 15) is 9.59 Å². The van der Waals surface area contributed by atoms with Crippen molar-refractivity contribution in [2.24, 2.45) is 5.10 Å². The van der Waals surface area contributed by atoms with Crippen LogP contribution in [0.3, 0.4) is 0 Å². The molecular formula is C20H19N3O4S. The van der Waals surface area contributed by atoms with Gasteiger partial charge in [-0.3, -0.25) is 9.59 Å². The number of hydrogen-bond acceptors (Lipinski definition) is 6. The normalized spacial score (nSPS) is 13.7. The van der Waals surface area contributed by atoms with Gasteiger partial charge < -0.3 is 9.84 Å². The first-order chi connectivity index (χ1) is 13.6. The zero-order valence-corrected chi connectivity index (χ0v) is 15.9. The zero-order chi connectivity index (χ0) is 19.5. The molecule has 0 spiro atoms. The van der Waals surface area contributed by atoms with Crippen LogP contribution in [0.4, 0.5) is 0 Å². The average molecular weight is 397 g/mol. The zero-order valence-electron chi connectivity index (χ0n) is 15.1. The third-order valence-corrected chi connectivity index (χ3v) is 5.85. The van der Waals surface area contributed by atoms with Gasteiger partial charge in [-0.05, 0) is 61.1 Å². The quantitative estimate of drug-likeness (QED) is 0.645. The first-order valence-corrected chi connectivity index (χ1v) is 9.94. The molecule has 0 bridgehead atoms. The van der Waals surface area contributed by atoms with E-state index in [1.54, 1.807) is 41.8 Å². The molecule has 28 heavy (non-hydrogen) atoms. The third kappa shape index (κ3) is 3.82. The molecule has 2 heterocycles. The summed E-state index contributed by atoms with van der Waals surface area (Å²) in [7, 11) is 0. The maximum absolute atomic E-state index is 12.9. The monoisotopic (exact) mass is 397 g/mol. The molecule has 7 nitrogen and oxygen atoms in total. The van der Waals surface area contributed by atoms with Gasteiger partial charge in [0.1, 0.15) is 16.9 Å². The van der Waals surface area contributed by atoms with Crippen LogP contribution in [-0.4, -0.2) is 33.6 Å². The van der Waals surface area contributed by atoms with Gasteiger partial charge >= 0.3 is 5.97 Å². The second-order valence-electron chi connectivity index (χ2n) is 6.59. The van der Waals surface area contributed by atoms with Crippen LogP contribution >= 0.6 is 11.3 Å². The fourth-order valence-electron chi connectivity index (χ4n) is 3.25. The molecule has 0 radical (unpaired) electrons. The number of nitrogens with zero attached hydrogens (tertiary/aromatic N) is 3. The van der Waals surface area contributed by atoms with Gasteiger partial charge in [0.2, 0.25) is 0 Å². The second-order valence-corrected chi connectivity index (χ2v) is 7.67. The van der Waals surface area contributed by atoms with E-state index in [-0.39, 0.29) is 18.6 Å². The number of carboxylic acid groups (broad SMARTS) is 1. The molecule has 144 valence electrons. The topological polar surface area (TPSA) is 93.8 Å². The molecule has 3 aromatic rings. The Morgan fingerprint density at radius 3 is 2.86 bits per heavy atom. The largest absolute Gasteiger partial charge is 0.493 e. The molecule has 1 aliphatic rings. The molecule has 8 heteroatoms. The molecule has 0 saturated heterocycles. The van der Waals surface area contributed by atoms with Crippen molar-refractivity contribution < 1.29 is 14.6 Å². The summed E-state index contributed by atoms with van der Waals surface area (Å²) in [5.74, 6) is -0.310. The molecule has 0 saturated carbocycles. The molecular weight excluding hydrogens is 378 g/mol. The number of ether oxygens (including phenoxy) is 1. The lowest BCUT2D eigenvalue weighted by atomic mass is 9.97. The summed E-state index contributed by atoms with van der Waals surface area (Å²) in [4.78, 5) is 29.9. The van der Waals surface area contributed by atoms with Crippen molar-refractivity contribution in [3.8, 4) is 5.75 Å². The van der Waals surface area contributed by atoms with Crippen molar-refractivity contribution in [2.45, 2.75) is 32.1 Å². The van der Waals surface area contributed by atoms with Gasteiger partial charge in [-0.25, -0.2) is 4.98 Å². The van der Waals surface area contributed by atoms with Crippen LogP contribution < -0.4 is 10.3 Å². The Labute approximate surface area is 164 Å². The molecule has 0 fully saturated rings. The maximum atomic E-state index is 12.9. The number of fused-ring (bicyclic) bond motifs is 3.